The molecule has 17 heavy (non-hydrogen) atoms. The van der Waals surface area contributed by atoms with Gasteiger partial charge in [-0.05, 0) is 36.6 Å². The summed E-state index contributed by atoms with van der Waals surface area (Å²) in [5, 5.41) is 10.3. The summed E-state index contributed by atoms with van der Waals surface area (Å²) >= 11 is 0. The van der Waals surface area contributed by atoms with Gasteiger partial charge in [0.25, 0.3) is 0 Å². The number of aromatic nitrogens is 1. The van der Waals surface area contributed by atoms with E-state index in [9.17, 15) is 5.11 Å². The standard InChI is InChI=1S/C15H17NO/c1-11-5-6-12(2)14(8-11)15(17)9-13-4-3-7-16-10-13/h3-8,10,15,17H,9H2,1-2H3. The Labute approximate surface area is 102 Å². The van der Waals surface area contributed by atoms with Gasteiger partial charge in [0.15, 0.2) is 0 Å². The van der Waals surface area contributed by atoms with Crippen molar-refractivity contribution in [3.63, 3.8) is 0 Å². The van der Waals surface area contributed by atoms with E-state index in [1.54, 1.807) is 12.4 Å². The van der Waals surface area contributed by atoms with Crippen molar-refractivity contribution in [1.29, 1.82) is 0 Å². The summed E-state index contributed by atoms with van der Waals surface area (Å²) in [5.41, 5.74) is 4.37. The van der Waals surface area contributed by atoms with Crippen LogP contribution in [0.5, 0.6) is 0 Å². The average molecular weight is 227 g/mol. The number of nitrogens with zero attached hydrogens (tertiary/aromatic N) is 1. The molecule has 0 radical (unpaired) electrons. The van der Waals surface area contributed by atoms with Crippen LogP contribution in [-0.4, -0.2) is 10.1 Å². The molecule has 1 aromatic carbocycles. The smallest absolute Gasteiger partial charge is 0.0833 e. The van der Waals surface area contributed by atoms with Crippen molar-refractivity contribution in [1.82, 2.24) is 4.98 Å². The topological polar surface area (TPSA) is 33.1 Å². The van der Waals surface area contributed by atoms with Gasteiger partial charge < -0.3 is 5.11 Å². The first-order chi connectivity index (χ1) is 8.16. The first-order valence-corrected chi connectivity index (χ1v) is 5.81. The summed E-state index contributed by atoms with van der Waals surface area (Å²) in [4.78, 5) is 4.06. The molecule has 1 N–H and O–H groups in total. The number of benzene rings is 1. The number of rotatable bonds is 3. The lowest BCUT2D eigenvalue weighted by molar-refractivity contribution is 0.177. The van der Waals surface area contributed by atoms with E-state index in [0.29, 0.717) is 6.42 Å². The van der Waals surface area contributed by atoms with Gasteiger partial charge in [0, 0.05) is 18.8 Å². The van der Waals surface area contributed by atoms with E-state index in [1.807, 2.05) is 26.0 Å². The number of aliphatic hydroxyl groups excluding tert-OH is 1. The van der Waals surface area contributed by atoms with Gasteiger partial charge in [0.1, 0.15) is 0 Å². The molecule has 2 rings (SSSR count). The molecule has 0 fully saturated rings. The van der Waals surface area contributed by atoms with Crippen molar-refractivity contribution >= 4 is 0 Å². The molecule has 0 aliphatic heterocycles. The van der Waals surface area contributed by atoms with Crippen molar-refractivity contribution in [3.8, 4) is 0 Å². The molecule has 2 aromatic rings. The van der Waals surface area contributed by atoms with Crippen molar-refractivity contribution in [3.05, 3.63) is 65.0 Å². The van der Waals surface area contributed by atoms with Crippen molar-refractivity contribution in [2.75, 3.05) is 0 Å². The summed E-state index contributed by atoms with van der Waals surface area (Å²) in [6, 6.07) is 10.1. The maximum Gasteiger partial charge on any atom is 0.0833 e. The van der Waals surface area contributed by atoms with E-state index in [1.165, 1.54) is 5.56 Å². The lowest BCUT2D eigenvalue weighted by atomic mass is 9.97. The maximum absolute atomic E-state index is 10.3. The largest absolute Gasteiger partial charge is 0.388 e. The average Bonchev–Trinajstić information content (AvgIpc) is 2.33. The van der Waals surface area contributed by atoms with Gasteiger partial charge in [-0.3, -0.25) is 4.98 Å². The van der Waals surface area contributed by atoms with Crippen LogP contribution in [0, 0.1) is 13.8 Å². The van der Waals surface area contributed by atoms with Crippen LogP contribution < -0.4 is 0 Å². The SMILES string of the molecule is Cc1ccc(C)c(C(O)Cc2cccnc2)c1. The van der Waals surface area contributed by atoms with Gasteiger partial charge >= 0.3 is 0 Å². The fourth-order valence-electron chi connectivity index (χ4n) is 1.97. The summed E-state index contributed by atoms with van der Waals surface area (Å²) in [6.07, 6.45) is 3.69. The van der Waals surface area contributed by atoms with E-state index in [2.05, 4.69) is 23.2 Å². The van der Waals surface area contributed by atoms with Crippen LogP contribution in [0.3, 0.4) is 0 Å². The number of pyridine rings is 1. The molecule has 88 valence electrons. The number of aryl methyl sites for hydroxylation is 2. The Morgan fingerprint density at radius 3 is 2.76 bits per heavy atom. The predicted molar refractivity (Wildman–Crippen MR) is 68.8 cm³/mol. The zero-order valence-corrected chi connectivity index (χ0v) is 10.2. The Morgan fingerprint density at radius 1 is 1.24 bits per heavy atom. The zero-order valence-electron chi connectivity index (χ0n) is 10.2. The van der Waals surface area contributed by atoms with Crippen LogP contribution >= 0.6 is 0 Å². The Hall–Kier alpha value is -1.67. The number of hydrogen-bond donors (Lipinski definition) is 1. The molecule has 0 aliphatic carbocycles. The number of hydrogen-bond acceptors (Lipinski definition) is 2. The van der Waals surface area contributed by atoms with Gasteiger partial charge in [-0.25, -0.2) is 0 Å². The minimum absolute atomic E-state index is 0.459. The van der Waals surface area contributed by atoms with Gasteiger partial charge in [0.2, 0.25) is 0 Å². The molecule has 1 aromatic heterocycles. The third kappa shape index (κ3) is 2.92. The quantitative estimate of drug-likeness (QED) is 0.874. The molecule has 0 spiro atoms. The third-order valence-electron chi connectivity index (χ3n) is 2.95. The van der Waals surface area contributed by atoms with Crippen LogP contribution in [-0.2, 0) is 6.42 Å². The van der Waals surface area contributed by atoms with Crippen molar-refractivity contribution in [2.24, 2.45) is 0 Å². The number of aliphatic hydroxyl groups is 1. The van der Waals surface area contributed by atoms with Crippen molar-refractivity contribution < 1.29 is 5.11 Å². The molecule has 1 atom stereocenters. The molecule has 2 heteroatoms. The zero-order chi connectivity index (χ0) is 12.3. The molecular formula is C15H17NO. The summed E-state index contributed by atoms with van der Waals surface area (Å²) in [6.45, 7) is 4.07. The van der Waals surface area contributed by atoms with E-state index in [0.717, 1.165) is 16.7 Å². The molecule has 0 saturated carbocycles. The normalized spacial score (nSPS) is 12.4. The second-order valence-electron chi connectivity index (χ2n) is 4.44. The fraction of sp³-hybridized carbons (Fsp3) is 0.267. The summed E-state index contributed by atoms with van der Waals surface area (Å²) < 4.78 is 0. The predicted octanol–water partition coefficient (Wildman–Crippen LogP) is 2.97. The van der Waals surface area contributed by atoms with Crippen LogP contribution in [0.4, 0.5) is 0 Å². The molecule has 0 saturated heterocycles. The lowest BCUT2D eigenvalue weighted by Crippen LogP contribution is -2.04. The molecule has 1 unspecified atom stereocenters. The van der Waals surface area contributed by atoms with Crippen LogP contribution in [0.2, 0.25) is 0 Å². The van der Waals surface area contributed by atoms with E-state index in [4.69, 9.17) is 0 Å². The monoisotopic (exact) mass is 227 g/mol. The molecule has 0 aliphatic rings. The minimum Gasteiger partial charge on any atom is -0.388 e. The van der Waals surface area contributed by atoms with Gasteiger partial charge in [0.05, 0.1) is 6.10 Å². The molecule has 0 amide bonds. The van der Waals surface area contributed by atoms with Crippen LogP contribution in [0.25, 0.3) is 0 Å². The van der Waals surface area contributed by atoms with E-state index < -0.39 is 6.10 Å². The highest BCUT2D eigenvalue weighted by Gasteiger charge is 2.11. The van der Waals surface area contributed by atoms with E-state index >= 15 is 0 Å². The Balaban J connectivity index is 2.20. The van der Waals surface area contributed by atoms with Gasteiger partial charge in [-0.15, -0.1) is 0 Å². The van der Waals surface area contributed by atoms with Crippen LogP contribution in [0.15, 0.2) is 42.7 Å². The Bertz CT molecular complexity index is 494. The molecule has 1 heterocycles. The molecule has 2 nitrogen and oxygen atoms in total. The van der Waals surface area contributed by atoms with Crippen molar-refractivity contribution in [2.45, 2.75) is 26.4 Å². The maximum atomic E-state index is 10.3. The van der Waals surface area contributed by atoms with E-state index in [-0.39, 0.29) is 0 Å². The third-order valence-corrected chi connectivity index (χ3v) is 2.95. The fourth-order valence-corrected chi connectivity index (χ4v) is 1.97. The highest BCUT2D eigenvalue weighted by Crippen LogP contribution is 2.22. The second-order valence-corrected chi connectivity index (χ2v) is 4.44. The molecular weight excluding hydrogens is 210 g/mol. The second kappa shape index (κ2) is 5.11. The molecule has 0 bridgehead atoms. The Morgan fingerprint density at radius 2 is 2.06 bits per heavy atom. The minimum atomic E-state index is -0.459. The van der Waals surface area contributed by atoms with Gasteiger partial charge in [-0.2, -0.15) is 0 Å². The lowest BCUT2D eigenvalue weighted by Gasteiger charge is -2.14. The van der Waals surface area contributed by atoms with Crippen LogP contribution in [0.1, 0.15) is 28.4 Å². The first kappa shape index (κ1) is 11.8. The first-order valence-electron chi connectivity index (χ1n) is 5.81. The Kier molecular flexibility index (Phi) is 3.55. The summed E-state index contributed by atoms with van der Waals surface area (Å²) in [7, 11) is 0. The highest BCUT2D eigenvalue weighted by molar-refractivity contribution is 5.33. The summed E-state index contributed by atoms with van der Waals surface area (Å²) in [5.74, 6) is 0. The highest BCUT2D eigenvalue weighted by atomic mass is 16.3. The van der Waals surface area contributed by atoms with Gasteiger partial charge in [-0.1, -0.05) is 29.8 Å².